The molecule has 60 heavy (non-hydrogen) atoms. The van der Waals surface area contributed by atoms with Gasteiger partial charge in [-0.25, -0.2) is 15.0 Å². The lowest BCUT2D eigenvalue weighted by Gasteiger charge is -2.11. The second kappa shape index (κ2) is 14.0. The molecule has 0 N–H and O–H groups in total. The highest BCUT2D eigenvalue weighted by atomic mass is 32.1. The van der Waals surface area contributed by atoms with Crippen molar-refractivity contribution in [3.63, 3.8) is 0 Å². The van der Waals surface area contributed by atoms with Gasteiger partial charge in [-0.2, -0.15) is 0 Å². The Labute approximate surface area is 349 Å². The highest BCUT2D eigenvalue weighted by Gasteiger charge is 2.20. The van der Waals surface area contributed by atoms with Crippen molar-refractivity contribution in [2.45, 2.75) is 0 Å². The van der Waals surface area contributed by atoms with E-state index >= 15 is 0 Å². The molecule has 3 aromatic heterocycles. The van der Waals surface area contributed by atoms with E-state index in [1.54, 1.807) is 0 Å². The quantitative estimate of drug-likeness (QED) is 0.169. The third-order valence-electron chi connectivity index (χ3n) is 11.5. The molecular weight excluding hydrogens is 751 g/mol. The van der Waals surface area contributed by atoms with Crippen LogP contribution in [0.2, 0.25) is 0 Å². The summed E-state index contributed by atoms with van der Waals surface area (Å²) < 4.78 is 9.02. The van der Waals surface area contributed by atoms with Gasteiger partial charge in [0.2, 0.25) is 0 Å². The summed E-state index contributed by atoms with van der Waals surface area (Å²) in [6, 6.07) is 70.4. The first-order chi connectivity index (χ1) is 29.7. The van der Waals surface area contributed by atoms with Gasteiger partial charge in [0.05, 0.1) is 0 Å². The van der Waals surface area contributed by atoms with E-state index in [9.17, 15) is 0 Å². The van der Waals surface area contributed by atoms with Crippen molar-refractivity contribution < 1.29 is 4.42 Å². The second-order valence-corrected chi connectivity index (χ2v) is 16.2. The van der Waals surface area contributed by atoms with Crippen molar-refractivity contribution >= 4 is 64.2 Å². The molecule has 0 spiro atoms. The number of aromatic nitrogens is 3. The Balaban J connectivity index is 1.05. The van der Waals surface area contributed by atoms with Gasteiger partial charge in [0, 0.05) is 47.6 Å². The van der Waals surface area contributed by atoms with Gasteiger partial charge < -0.3 is 4.42 Å². The predicted octanol–water partition coefficient (Wildman–Crippen LogP) is 15.3. The number of fused-ring (bicyclic) bond motifs is 7. The number of rotatable bonds is 6. The lowest BCUT2D eigenvalue weighted by atomic mass is 9.99. The Morgan fingerprint density at radius 2 is 0.883 bits per heavy atom. The molecule has 280 valence electrons. The van der Waals surface area contributed by atoms with Crippen molar-refractivity contribution in [2.75, 3.05) is 0 Å². The summed E-state index contributed by atoms with van der Waals surface area (Å²) in [6.07, 6.45) is 0. The zero-order valence-electron chi connectivity index (χ0n) is 32.2. The van der Waals surface area contributed by atoms with E-state index in [1.807, 2.05) is 29.5 Å². The second-order valence-electron chi connectivity index (χ2n) is 15.1. The Morgan fingerprint density at radius 3 is 1.65 bits per heavy atom. The Hall–Kier alpha value is -7.73. The lowest BCUT2D eigenvalue weighted by molar-refractivity contribution is 0.669. The first kappa shape index (κ1) is 34.3. The van der Waals surface area contributed by atoms with Gasteiger partial charge >= 0.3 is 0 Å². The van der Waals surface area contributed by atoms with Gasteiger partial charge in [-0.3, -0.25) is 0 Å². The summed E-state index contributed by atoms with van der Waals surface area (Å²) in [6.45, 7) is 0. The fourth-order valence-electron chi connectivity index (χ4n) is 8.62. The molecular formula is C55H33N3OS. The van der Waals surface area contributed by atoms with E-state index in [0.717, 1.165) is 60.7 Å². The minimum Gasteiger partial charge on any atom is -0.456 e. The molecule has 4 nitrogen and oxygen atoms in total. The van der Waals surface area contributed by atoms with Crippen LogP contribution < -0.4 is 0 Å². The minimum absolute atomic E-state index is 0.590. The van der Waals surface area contributed by atoms with E-state index in [-0.39, 0.29) is 0 Å². The number of benzene rings is 9. The van der Waals surface area contributed by atoms with Crippen LogP contribution in [-0.2, 0) is 0 Å². The van der Waals surface area contributed by atoms with Crippen LogP contribution in [0.15, 0.2) is 205 Å². The van der Waals surface area contributed by atoms with Gasteiger partial charge in [-0.1, -0.05) is 170 Å². The third kappa shape index (κ3) is 5.78. The Bertz CT molecular complexity index is 3610. The summed E-state index contributed by atoms with van der Waals surface area (Å²) in [7, 11) is 0. The minimum atomic E-state index is 0.590. The van der Waals surface area contributed by atoms with Crippen molar-refractivity contribution in [3.8, 4) is 67.5 Å². The van der Waals surface area contributed by atoms with Crippen LogP contribution in [0.1, 0.15) is 0 Å². The fraction of sp³-hybridized carbons (Fsp3) is 0. The molecule has 0 unspecified atom stereocenters. The molecule has 0 radical (unpaired) electrons. The molecule has 0 aliphatic heterocycles. The van der Waals surface area contributed by atoms with Gasteiger partial charge in [0.25, 0.3) is 0 Å². The molecule has 0 fully saturated rings. The van der Waals surface area contributed by atoms with E-state index in [2.05, 4.69) is 182 Å². The molecule has 5 heteroatoms. The van der Waals surface area contributed by atoms with Gasteiger partial charge in [0.15, 0.2) is 17.5 Å². The fourth-order valence-corrected chi connectivity index (χ4v) is 10.00. The summed E-state index contributed by atoms with van der Waals surface area (Å²) in [5, 5.41) is 6.82. The molecule has 0 bridgehead atoms. The molecule has 0 amide bonds. The Morgan fingerprint density at radius 1 is 0.317 bits per heavy atom. The third-order valence-corrected chi connectivity index (χ3v) is 12.8. The first-order valence-corrected chi connectivity index (χ1v) is 20.9. The van der Waals surface area contributed by atoms with Crippen LogP contribution in [0.4, 0.5) is 0 Å². The van der Waals surface area contributed by atoms with Crippen molar-refractivity contribution in [2.24, 2.45) is 0 Å². The number of furan rings is 1. The normalized spacial score (nSPS) is 11.7. The number of hydrogen-bond donors (Lipinski definition) is 0. The van der Waals surface area contributed by atoms with Crippen LogP contribution in [0.3, 0.4) is 0 Å². The highest BCUT2D eigenvalue weighted by molar-refractivity contribution is 7.26. The molecule has 0 saturated heterocycles. The number of nitrogens with zero attached hydrogens (tertiary/aromatic N) is 3. The summed E-state index contributed by atoms with van der Waals surface area (Å²) >= 11 is 1.86. The smallest absolute Gasteiger partial charge is 0.164 e. The highest BCUT2D eigenvalue weighted by Crippen LogP contribution is 2.44. The maximum absolute atomic E-state index is 6.47. The molecule has 0 atom stereocenters. The van der Waals surface area contributed by atoms with E-state index in [1.165, 1.54) is 42.2 Å². The van der Waals surface area contributed by atoms with Gasteiger partial charge in [-0.15, -0.1) is 11.3 Å². The molecule has 12 aromatic rings. The van der Waals surface area contributed by atoms with E-state index < -0.39 is 0 Å². The predicted molar refractivity (Wildman–Crippen MR) is 250 cm³/mol. The maximum Gasteiger partial charge on any atom is 0.164 e. The largest absolute Gasteiger partial charge is 0.456 e. The Kier molecular flexibility index (Phi) is 8.00. The van der Waals surface area contributed by atoms with Crippen LogP contribution >= 0.6 is 11.3 Å². The zero-order chi connectivity index (χ0) is 39.6. The topological polar surface area (TPSA) is 51.8 Å². The molecule has 3 heterocycles. The summed E-state index contributed by atoms with van der Waals surface area (Å²) in [5.74, 6) is 1.81. The maximum atomic E-state index is 6.47. The van der Waals surface area contributed by atoms with Crippen molar-refractivity contribution in [1.29, 1.82) is 0 Å². The summed E-state index contributed by atoms with van der Waals surface area (Å²) in [4.78, 5) is 15.8. The molecule has 0 aliphatic rings. The van der Waals surface area contributed by atoms with Gasteiger partial charge in [0.1, 0.15) is 11.2 Å². The van der Waals surface area contributed by atoms with Crippen molar-refractivity contribution in [1.82, 2.24) is 15.0 Å². The van der Waals surface area contributed by atoms with Gasteiger partial charge in [-0.05, 0) is 74.5 Å². The monoisotopic (exact) mass is 783 g/mol. The van der Waals surface area contributed by atoms with Crippen LogP contribution in [0.5, 0.6) is 0 Å². The average Bonchev–Trinajstić information content (AvgIpc) is 3.90. The van der Waals surface area contributed by atoms with Crippen LogP contribution in [0.25, 0.3) is 120 Å². The van der Waals surface area contributed by atoms with Crippen LogP contribution in [-0.4, -0.2) is 15.0 Å². The zero-order valence-corrected chi connectivity index (χ0v) is 33.0. The first-order valence-electron chi connectivity index (χ1n) is 20.1. The molecule has 12 rings (SSSR count). The van der Waals surface area contributed by atoms with Crippen LogP contribution in [0, 0.1) is 0 Å². The lowest BCUT2D eigenvalue weighted by Crippen LogP contribution is -2.00. The number of thiophene rings is 1. The van der Waals surface area contributed by atoms with E-state index in [4.69, 9.17) is 19.4 Å². The average molecular weight is 784 g/mol. The molecule has 9 aromatic carbocycles. The molecule has 0 aliphatic carbocycles. The molecule has 0 saturated carbocycles. The van der Waals surface area contributed by atoms with E-state index in [0.29, 0.717) is 17.5 Å². The SMILES string of the molecule is c1ccc(-c2ccc3oc4cccc(-c5nc(-c6cccc(-c7cccc8c7sc7c(-c9ccccc9)cccc78)c6)nc(-c6ccc7ccccc7c6)n5)c4c3c2)cc1. The standard InChI is InChI=1S/C55H33N3OS/c1-3-13-34(14-4-1)38-29-30-48-47(33-38)50-46(25-12-26-49(50)59-48)55-57-53(56-54(58-55)41-28-27-35-15-7-8-18-37(35)31-41)40-20-9-19-39(32-40)43-22-11-24-45-44-23-10-21-42(51(44)60-52(43)45)36-16-5-2-6-17-36/h1-33H. The number of hydrogen-bond acceptors (Lipinski definition) is 5. The summed E-state index contributed by atoms with van der Waals surface area (Å²) in [5.41, 5.74) is 11.4. The van der Waals surface area contributed by atoms with Crippen molar-refractivity contribution in [3.05, 3.63) is 200 Å².